The van der Waals surface area contributed by atoms with E-state index in [2.05, 4.69) is 53.7 Å². The van der Waals surface area contributed by atoms with Gasteiger partial charge in [0, 0.05) is 32.8 Å². The number of hydrogen-bond donors (Lipinski definition) is 2. The molecule has 1 saturated heterocycles. The van der Waals surface area contributed by atoms with E-state index in [9.17, 15) is 0 Å². The van der Waals surface area contributed by atoms with Gasteiger partial charge in [-0.1, -0.05) is 56.9 Å². The fraction of sp³-hybridized carbons (Fsp3) is 0.696. The van der Waals surface area contributed by atoms with Crippen molar-refractivity contribution in [2.24, 2.45) is 4.99 Å². The first-order valence-corrected chi connectivity index (χ1v) is 11.0. The molecule has 1 aliphatic heterocycles. The van der Waals surface area contributed by atoms with Crippen molar-refractivity contribution in [3.63, 3.8) is 0 Å². The number of hydrogen-bond acceptors (Lipinski definition) is 3. The zero-order chi connectivity index (χ0) is 20.0. The van der Waals surface area contributed by atoms with E-state index in [1.807, 2.05) is 7.05 Å². The van der Waals surface area contributed by atoms with Gasteiger partial charge in [-0.25, -0.2) is 0 Å². The second kappa shape index (κ2) is 13.6. The molecule has 28 heavy (non-hydrogen) atoms. The maximum Gasteiger partial charge on any atom is 0.191 e. The highest BCUT2D eigenvalue weighted by Crippen LogP contribution is 2.14. The molecule has 0 bridgehead atoms. The van der Waals surface area contributed by atoms with Crippen LogP contribution in [0.1, 0.15) is 69.9 Å². The number of aliphatic imine (C=N–C) groups is 1. The van der Waals surface area contributed by atoms with Crippen LogP contribution in [0.25, 0.3) is 0 Å². The molecule has 1 unspecified atom stereocenters. The molecule has 1 atom stereocenters. The molecule has 1 aromatic carbocycles. The van der Waals surface area contributed by atoms with E-state index in [1.54, 1.807) is 0 Å². The van der Waals surface area contributed by atoms with Crippen LogP contribution in [0.4, 0.5) is 0 Å². The molecule has 0 amide bonds. The van der Waals surface area contributed by atoms with Crippen molar-refractivity contribution < 1.29 is 9.47 Å². The summed E-state index contributed by atoms with van der Waals surface area (Å²) in [6.07, 6.45) is 8.74. The van der Waals surface area contributed by atoms with Crippen molar-refractivity contribution in [3.8, 4) is 0 Å². The third-order valence-electron chi connectivity index (χ3n) is 5.23. The number of nitrogens with one attached hydrogen (secondary N) is 2. The molecule has 0 aromatic heterocycles. The summed E-state index contributed by atoms with van der Waals surface area (Å²) in [6, 6.07) is 9.08. The van der Waals surface area contributed by atoms with E-state index in [-0.39, 0.29) is 0 Å². The van der Waals surface area contributed by atoms with E-state index >= 15 is 0 Å². The van der Waals surface area contributed by atoms with E-state index in [4.69, 9.17) is 9.47 Å². The Morgan fingerprint density at radius 2 is 1.86 bits per heavy atom. The largest absolute Gasteiger partial charge is 0.381 e. The van der Waals surface area contributed by atoms with Crippen molar-refractivity contribution in [2.75, 3.05) is 20.3 Å². The number of benzene rings is 1. The van der Waals surface area contributed by atoms with Crippen LogP contribution in [0.3, 0.4) is 0 Å². The Morgan fingerprint density at radius 1 is 1.14 bits per heavy atom. The lowest BCUT2D eigenvalue weighted by molar-refractivity contribution is -0.0390. The molecular formula is C23H39N3O2. The number of nitrogens with zero attached hydrogens (tertiary/aromatic N) is 1. The topological polar surface area (TPSA) is 54.9 Å². The maximum absolute atomic E-state index is 5.99. The van der Waals surface area contributed by atoms with Gasteiger partial charge < -0.3 is 20.1 Å². The number of ether oxygens (including phenoxy) is 2. The predicted octanol–water partition coefficient (Wildman–Crippen LogP) is 4.41. The Balaban J connectivity index is 1.67. The zero-order valence-corrected chi connectivity index (χ0v) is 18.0. The fourth-order valence-corrected chi connectivity index (χ4v) is 3.37. The van der Waals surface area contributed by atoms with Crippen molar-refractivity contribution in [3.05, 3.63) is 35.4 Å². The van der Waals surface area contributed by atoms with E-state index in [0.29, 0.717) is 18.8 Å². The van der Waals surface area contributed by atoms with Crippen LogP contribution in [-0.4, -0.2) is 38.4 Å². The summed E-state index contributed by atoms with van der Waals surface area (Å²) >= 11 is 0. The van der Waals surface area contributed by atoms with Crippen LogP contribution in [0, 0.1) is 0 Å². The SMILES string of the molecule is CCCCCCC(C)NC(=NC)NCc1ccc(COC2CCOCC2)cc1. The minimum atomic E-state index is 0.341. The summed E-state index contributed by atoms with van der Waals surface area (Å²) < 4.78 is 11.4. The van der Waals surface area contributed by atoms with Crippen molar-refractivity contribution in [2.45, 2.75) is 84.1 Å². The molecule has 1 aromatic rings. The molecule has 0 spiro atoms. The van der Waals surface area contributed by atoms with Crippen LogP contribution in [0.5, 0.6) is 0 Å². The van der Waals surface area contributed by atoms with Gasteiger partial charge in [0.2, 0.25) is 0 Å². The number of unbranched alkanes of at least 4 members (excludes halogenated alkanes) is 3. The molecule has 158 valence electrons. The van der Waals surface area contributed by atoms with Gasteiger partial charge in [-0.3, -0.25) is 4.99 Å². The third-order valence-corrected chi connectivity index (χ3v) is 5.23. The average Bonchev–Trinajstić information content (AvgIpc) is 2.74. The summed E-state index contributed by atoms with van der Waals surface area (Å²) in [7, 11) is 1.83. The van der Waals surface area contributed by atoms with Gasteiger partial charge >= 0.3 is 0 Å². The molecule has 2 rings (SSSR count). The van der Waals surface area contributed by atoms with Crippen LogP contribution in [-0.2, 0) is 22.6 Å². The Kier molecular flexibility index (Phi) is 11.0. The third kappa shape index (κ3) is 9.07. The van der Waals surface area contributed by atoms with E-state index in [1.165, 1.54) is 43.2 Å². The highest BCUT2D eigenvalue weighted by atomic mass is 16.5. The van der Waals surface area contributed by atoms with Gasteiger partial charge in [-0.2, -0.15) is 0 Å². The highest BCUT2D eigenvalue weighted by molar-refractivity contribution is 5.79. The number of rotatable bonds is 11. The van der Waals surface area contributed by atoms with Crippen LogP contribution < -0.4 is 10.6 Å². The van der Waals surface area contributed by atoms with Gasteiger partial charge in [-0.15, -0.1) is 0 Å². The molecule has 5 heteroatoms. The molecule has 0 aliphatic carbocycles. The molecule has 2 N–H and O–H groups in total. The normalized spacial score (nSPS) is 16.8. The molecule has 1 aliphatic rings. The van der Waals surface area contributed by atoms with Gasteiger partial charge in [0.1, 0.15) is 0 Å². The first-order chi connectivity index (χ1) is 13.7. The monoisotopic (exact) mass is 389 g/mol. The average molecular weight is 390 g/mol. The Hall–Kier alpha value is -1.59. The standard InChI is InChI=1S/C23H39N3O2/c1-4-5-6-7-8-19(2)26-23(24-3)25-17-20-9-11-21(12-10-20)18-28-22-13-15-27-16-14-22/h9-12,19,22H,4-8,13-18H2,1-3H3,(H2,24,25,26). The van der Waals surface area contributed by atoms with Crippen LogP contribution >= 0.6 is 0 Å². The summed E-state index contributed by atoms with van der Waals surface area (Å²) in [6.45, 7) is 7.57. The summed E-state index contributed by atoms with van der Waals surface area (Å²) in [5, 5.41) is 6.91. The molecule has 0 radical (unpaired) electrons. The van der Waals surface area contributed by atoms with Gasteiger partial charge in [-0.05, 0) is 37.3 Å². The Bertz CT molecular complexity index is 553. The van der Waals surface area contributed by atoms with Gasteiger partial charge in [0.15, 0.2) is 5.96 Å². The van der Waals surface area contributed by atoms with Gasteiger partial charge in [0.05, 0.1) is 12.7 Å². The smallest absolute Gasteiger partial charge is 0.191 e. The first-order valence-electron chi connectivity index (χ1n) is 11.0. The summed E-state index contributed by atoms with van der Waals surface area (Å²) in [5.41, 5.74) is 2.46. The second-order valence-corrected chi connectivity index (χ2v) is 7.76. The zero-order valence-electron chi connectivity index (χ0n) is 18.0. The fourth-order valence-electron chi connectivity index (χ4n) is 3.37. The van der Waals surface area contributed by atoms with E-state index in [0.717, 1.165) is 38.6 Å². The molecule has 0 saturated carbocycles. The molecule has 1 fully saturated rings. The van der Waals surface area contributed by atoms with Crippen molar-refractivity contribution >= 4 is 5.96 Å². The summed E-state index contributed by atoms with van der Waals surface area (Å²) in [4.78, 5) is 4.35. The lowest BCUT2D eigenvalue weighted by atomic mass is 10.1. The summed E-state index contributed by atoms with van der Waals surface area (Å²) in [5.74, 6) is 0.870. The maximum atomic E-state index is 5.99. The first kappa shape index (κ1) is 22.7. The highest BCUT2D eigenvalue weighted by Gasteiger charge is 2.13. The molecule has 1 heterocycles. The Morgan fingerprint density at radius 3 is 2.54 bits per heavy atom. The molecule has 5 nitrogen and oxygen atoms in total. The number of guanidine groups is 1. The Labute approximate surface area is 171 Å². The second-order valence-electron chi connectivity index (χ2n) is 7.76. The predicted molar refractivity (Wildman–Crippen MR) is 117 cm³/mol. The van der Waals surface area contributed by atoms with Gasteiger partial charge in [0.25, 0.3) is 0 Å². The van der Waals surface area contributed by atoms with Crippen LogP contribution in [0.2, 0.25) is 0 Å². The molecular weight excluding hydrogens is 350 g/mol. The lowest BCUT2D eigenvalue weighted by Gasteiger charge is -2.22. The van der Waals surface area contributed by atoms with Crippen LogP contribution in [0.15, 0.2) is 29.3 Å². The minimum absolute atomic E-state index is 0.341. The lowest BCUT2D eigenvalue weighted by Crippen LogP contribution is -2.41. The minimum Gasteiger partial charge on any atom is -0.381 e. The van der Waals surface area contributed by atoms with Crippen molar-refractivity contribution in [1.82, 2.24) is 10.6 Å². The van der Waals surface area contributed by atoms with E-state index < -0.39 is 0 Å². The quantitative estimate of drug-likeness (QED) is 0.334. The van der Waals surface area contributed by atoms with Crippen molar-refractivity contribution in [1.29, 1.82) is 0 Å².